The van der Waals surface area contributed by atoms with Crippen LogP contribution >= 0.6 is 0 Å². The molecule has 0 spiro atoms. The molecule has 11 aromatic carbocycles. The number of para-hydroxylation sites is 2. The van der Waals surface area contributed by atoms with Gasteiger partial charge in [0.1, 0.15) is 22.3 Å². The SMILES string of the molecule is c1ccc(-c2ccc(-c3nc(-c4ccc(-c5ccccc5)cc4)nc(-c4cc(-c5ccccc5)c(-n5c6ccccc6c6c7oc8ccc9c%10ccccc%10oc9c8c7ccc65)c(-c5ccccc5)c4)n3)cc2)cc1. The van der Waals surface area contributed by atoms with E-state index in [-0.39, 0.29) is 0 Å². The maximum Gasteiger partial charge on any atom is 0.164 e. The van der Waals surface area contributed by atoms with E-state index in [0.29, 0.717) is 17.5 Å². The van der Waals surface area contributed by atoms with E-state index in [1.807, 2.05) is 24.3 Å². The van der Waals surface area contributed by atoms with Gasteiger partial charge in [0, 0.05) is 49.4 Å². The molecule has 0 aliphatic carbocycles. The van der Waals surface area contributed by atoms with E-state index >= 15 is 0 Å². The number of aromatic nitrogens is 4. The zero-order valence-corrected chi connectivity index (χ0v) is 40.4. The van der Waals surface area contributed by atoms with E-state index in [1.54, 1.807) is 0 Å². The first-order chi connectivity index (χ1) is 37.2. The second-order valence-electron chi connectivity index (χ2n) is 19.0. The molecule has 0 aliphatic rings. The Kier molecular flexibility index (Phi) is 9.78. The van der Waals surface area contributed by atoms with E-state index in [1.165, 1.54) is 0 Å². The average molecular weight is 959 g/mol. The highest BCUT2D eigenvalue weighted by Crippen LogP contribution is 2.48. The third-order valence-corrected chi connectivity index (χ3v) is 14.7. The first-order valence-corrected chi connectivity index (χ1v) is 25.2. The molecule has 4 heterocycles. The van der Waals surface area contributed by atoms with Crippen LogP contribution in [0.5, 0.6) is 0 Å². The maximum absolute atomic E-state index is 6.99. The molecule has 6 heteroatoms. The summed E-state index contributed by atoms with van der Waals surface area (Å²) in [5.41, 5.74) is 17.7. The van der Waals surface area contributed by atoms with Gasteiger partial charge in [0.25, 0.3) is 0 Å². The molecule has 15 rings (SSSR count). The lowest BCUT2D eigenvalue weighted by atomic mass is 9.92. The zero-order chi connectivity index (χ0) is 49.4. The van der Waals surface area contributed by atoms with Crippen molar-refractivity contribution in [1.82, 2.24) is 19.5 Å². The molecule has 350 valence electrons. The van der Waals surface area contributed by atoms with Crippen molar-refractivity contribution in [3.05, 3.63) is 255 Å². The Hall–Kier alpha value is -10.2. The van der Waals surface area contributed by atoms with Crippen LogP contribution in [0.1, 0.15) is 0 Å². The summed E-state index contributed by atoms with van der Waals surface area (Å²) in [4.78, 5) is 16.0. The van der Waals surface area contributed by atoms with Crippen LogP contribution in [0, 0.1) is 0 Å². The van der Waals surface area contributed by atoms with Crippen molar-refractivity contribution in [3.63, 3.8) is 0 Å². The Balaban J connectivity index is 0.984. The number of rotatable bonds is 8. The number of hydrogen-bond acceptors (Lipinski definition) is 5. The molecule has 0 fully saturated rings. The summed E-state index contributed by atoms with van der Waals surface area (Å²) in [5.74, 6) is 1.74. The van der Waals surface area contributed by atoms with Crippen LogP contribution in [0.15, 0.2) is 264 Å². The van der Waals surface area contributed by atoms with Crippen molar-refractivity contribution in [2.75, 3.05) is 0 Å². The zero-order valence-electron chi connectivity index (χ0n) is 40.4. The first kappa shape index (κ1) is 42.5. The van der Waals surface area contributed by atoms with Gasteiger partial charge in [0.15, 0.2) is 17.5 Å². The number of nitrogens with zero attached hydrogens (tertiary/aromatic N) is 4. The highest BCUT2D eigenvalue weighted by Gasteiger charge is 2.26. The van der Waals surface area contributed by atoms with Gasteiger partial charge in [-0.3, -0.25) is 0 Å². The van der Waals surface area contributed by atoms with Crippen LogP contribution < -0.4 is 0 Å². The molecule has 15 aromatic rings. The van der Waals surface area contributed by atoms with Crippen molar-refractivity contribution in [3.8, 4) is 84.4 Å². The second kappa shape index (κ2) is 17.3. The molecule has 0 radical (unpaired) electrons. The van der Waals surface area contributed by atoms with Gasteiger partial charge in [0.2, 0.25) is 0 Å². The average Bonchev–Trinajstić information content (AvgIpc) is 4.24. The topological polar surface area (TPSA) is 69.9 Å². The Morgan fingerprint density at radius 2 is 0.693 bits per heavy atom. The van der Waals surface area contributed by atoms with E-state index in [2.05, 4.69) is 235 Å². The standard InChI is InChI=1S/C69H42N4O2/c1-5-17-43(18-6-1)45-29-33-49(34-30-45)67-70-68(50-35-31-46(32-36-50)44-19-7-2-8-20-44)72-69(71-67)51-41-56(47-21-9-3-10-22-47)64(57(42-51)48-23-11-4-12-24-48)73-58-27-15-13-26-54(58)62-59(73)39-37-55-63-61(75-66(55)62)40-38-53-52-25-14-16-28-60(52)74-65(53)63/h1-42H. The molecule has 0 aliphatic heterocycles. The molecule has 0 bridgehead atoms. The minimum Gasteiger partial charge on any atom is -0.455 e. The molecule has 6 nitrogen and oxygen atoms in total. The largest absolute Gasteiger partial charge is 0.455 e. The highest BCUT2D eigenvalue weighted by atomic mass is 16.3. The molecule has 0 atom stereocenters. The summed E-state index contributed by atoms with van der Waals surface area (Å²) >= 11 is 0. The van der Waals surface area contributed by atoms with Crippen molar-refractivity contribution < 1.29 is 8.83 Å². The van der Waals surface area contributed by atoms with Crippen molar-refractivity contribution >= 4 is 65.7 Å². The van der Waals surface area contributed by atoms with Crippen LogP contribution in [-0.4, -0.2) is 19.5 Å². The summed E-state index contributed by atoms with van der Waals surface area (Å²) in [6.07, 6.45) is 0. The molecule has 0 saturated heterocycles. The molecule has 0 saturated carbocycles. The van der Waals surface area contributed by atoms with Crippen LogP contribution in [0.2, 0.25) is 0 Å². The summed E-state index contributed by atoms with van der Waals surface area (Å²) in [6.45, 7) is 0. The van der Waals surface area contributed by atoms with Gasteiger partial charge < -0.3 is 13.4 Å². The fraction of sp³-hybridized carbons (Fsp3) is 0. The lowest BCUT2D eigenvalue weighted by Crippen LogP contribution is -2.04. The van der Waals surface area contributed by atoms with Gasteiger partial charge in [-0.25, -0.2) is 15.0 Å². The van der Waals surface area contributed by atoms with Gasteiger partial charge in [0.05, 0.1) is 27.5 Å². The number of furan rings is 2. The van der Waals surface area contributed by atoms with Crippen LogP contribution in [0.3, 0.4) is 0 Å². The van der Waals surface area contributed by atoms with Gasteiger partial charge in [-0.05, 0) is 81.9 Å². The van der Waals surface area contributed by atoms with Crippen molar-refractivity contribution in [1.29, 1.82) is 0 Å². The third kappa shape index (κ3) is 7.07. The molecule has 0 unspecified atom stereocenters. The number of fused-ring (bicyclic) bond motifs is 11. The summed E-state index contributed by atoms with van der Waals surface area (Å²) in [5, 5.41) is 6.27. The highest BCUT2D eigenvalue weighted by molar-refractivity contribution is 6.29. The van der Waals surface area contributed by atoms with Crippen molar-refractivity contribution in [2.45, 2.75) is 0 Å². The smallest absolute Gasteiger partial charge is 0.164 e. The van der Waals surface area contributed by atoms with Gasteiger partial charge >= 0.3 is 0 Å². The predicted octanol–water partition coefficient (Wildman–Crippen LogP) is 18.4. The fourth-order valence-corrected chi connectivity index (χ4v) is 11.1. The summed E-state index contributed by atoms with van der Waals surface area (Å²) in [7, 11) is 0. The molecule has 0 amide bonds. The van der Waals surface area contributed by atoms with Gasteiger partial charge in [-0.15, -0.1) is 0 Å². The predicted molar refractivity (Wildman–Crippen MR) is 307 cm³/mol. The fourth-order valence-electron chi connectivity index (χ4n) is 11.1. The minimum absolute atomic E-state index is 0.568. The summed E-state index contributed by atoms with van der Waals surface area (Å²) in [6, 6.07) is 89.3. The van der Waals surface area contributed by atoms with E-state index < -0.39 is 0 Å². The minimum atomic E-state index is 0.568. The number of hydrogen-bond donors (Lipinski definition) is 0. The van der Waals surface area contributed by atoms with Crippen molar-refractivity contribution in [2.24, 2.45) is 0 Å². The van der Waals surface area contributed by atoms with E-state index in [4.69, 9.17) is 23.8 Å². The first-order valence-electron chi connectivity index (χ1n) is 25.2. The Labute approximate surface area is 431 Å². The molecular formula is C69H42N4O2. The Morgan fingerprint density at radius 3 is 1.27 bits per heavy atom. The Bertz CT molecular complexity index is 4500. The molecular weight excluding hydrogens is 917 g/mol. The normalized spacial score (nSPS) is 11.7. The maximum atomic E-state index is 6.99. The quantitative estimate of drug-likeness (QED) is 0.152. The van der Waals surface area contributed by atoms with Crippen LogP contribution in [-0.2, 0) is 0 Å². The van der Waals surface area contributed by atoms with Gasteiger partial charge in [-0.1, -0.05) is 206 Å². The summed E-state index contributed by atoms with van der Waals surface area (Å²) < 4.78 is 16.0. The Morgan fingerprint density at radius 1 is 0.267 bits per heavy atom. The van der Waals surface area contributed by atoms with Gasteiger partial charge in [-0.2, -0.15) is 0 Å². The van der Waals surface area contributed by atoms with Crippen LogP contribution in [0.4, 0.5) is 0 Å². The third-order valence-electron chi connectivity index (χ3n) is 14.7. The van der Waals surface area contributed by atoms with E-state index in [9.17, 15) is 0 Å². The molecule has 0 N–H and O–H groups in total. The number of benzene rings is 11. The monoisotopic (exact) mass is 958 g/mol. The lowest BCUT2D eigenvalue weighted by molar-refractivity contribution is 0.665. The lowest BCUT2D eigenvalue weighted by Gasteiger charge is -2.21. The molecule has 75 heavy (non-hydrogen) atoms. The van der Waals surface area contributed by atoms with E-state index in [0.717, 1.165) is 133 Å². The van der Waals surface area contributed by atoms with Crippen LogP contribution in [0.25, 0.3) is 150 Å². The second-order valence-corrected chi connectivity index (χ2v) is 19.0. The molecule has 4 aromatic heterocycles.